The lowest BCUT2D eigenvalue weighted by molar-refractivity contribution is -0.138. The van der Waals surface area contributed by atoms with Gasteiger partial charge in [-0.2, -0.15) is 26.3 Å². The van der Waals surface area contributed by atoms with Crippen molar-refractivity contribution in [3.8, 4) is 23.2 Å². The second-order valence-electron chi connectivity index (χ2n) is 18.9. The third-order valence-electron chi connectivity index (χ3n) is 14.3. The van der Waals surface area contributed by atoms with Crippen LogP contribution in [0.3, 0.4) is 0 Å². The predicted molar refractivity (Wildman–Crippen MR) is 247 cm³/mol. The van der Waals surface area contributed by atoms with Crippen molar-refractivity contribution in [3.05, 3.63) is 95.0 Å². The van der Waals surface area contributed by atoms with Crippen LogP contribution >= 0.6 is 23.5 Å². The lowest BCUT2D eigenvalue weighted by Gasteiger charge is -2.34. The monoisotopic (exact) mass is 982 g/mol. The van der Waals surface area contributed by atoms with Crippen molar-refractivity contribution in [3.63, 3.8) is 0 Å². The first-order valence-corrected chi connectivity index (χ1v) is 25.1. The summed E-state index contributed by atoms with van der Waals surface area (Å²) in [4.78, 5) is 13.3. The third kappa shape index (κ3) is 10.6. The number of likely N-dealkylation sites (tertiary alicyclic amines) is 2. The van der Waals surface area contributed by atoms with Crippen molar-refractivity contribution in [2.45, 2.75) is 99.7 Å². The lowest BCUT2D eigenvalue weighted by Crippen LogP contribution is -2.38. The number of halogens is 6. The molecule has 4 fully saturated rings. The highest BCUT2D eigenvalue weighted by atomic mass is 32.2. The van der Waals surface area contributed by atoms with E-state index in [-0.39, 0.29) is 10.8 Å². The molecule has 4 aromatic heterocycles. The van der Waals surface area contributed by atoms with Crippen LogP contribution in [0, 0.1) is 24.7 Å². The van der Waals surface area contributed by atoms with Gasteiger partial charge in [0, 0.05) is 38.7 Å². The summed E-state index contributed by atoms with van der Waals surface area (Å²) in [5.74, 6) is 5.28. The summed E-state index contributed by atoms with van der Waals surface area (Å²) in [5, 5.41) is 18.8. The number of aryl methyl sites for hydroxylation is 2. The van der Waals surface area contributed by atoms with E-state index in [0.29, 0.717) is 35.0 Å². The Labute approximate surface area is 400 Å². The minimum absolute atomic E-state index is 0.235. The van der Waals surface area contributed by atoms with E-state index in [9.17, 15) is 26.3 Å². The number of hydrogen-bond donors (Lipinski definition) is 0. The molecule has 2 aromatic carbocycles. The SMILES string of the molecule is Cc1ncoc1-c1nnc(SCCCN2CCC[C@@]3(C[C@H]3c3ccc(C(F)(F)F)cc3)C2)n1C.Cc1ncoc1-c1nnc(SCCCN2CCC[C@]3(C[C@@H]3c3ccc(C(F)(F)F)cc3)C2)n1C. The standard InChI is InChI=1S/2C24H28F3N5OS/c2*1-16-20(33-15-28-16)21-29-30-22(31(21)2)34-12-4-11-32-10-3-9-23(14-32)13-19(23)17-5-7-18(8-6-17)24(25,26)27/h2*5-8,15,19H,3-4,9-14H2,1-2H3/t2*19-,23+/m10/s1. The summed E-state index contributed by atoms with van der Waals surface area (Å²) in [6.07, 6.45) is 3.12. The zero-order valence-corrected chi connectivity index (χ0v) is 40.2. The molecule has 0 unspecified atom stereocenters. The van der Waals surface area contributed by atoms with Crippen LogP contribution in [-0.2, 0) is 26.4 Å². The molecule has 0 radical (unpaired) electrons. The molecule has 2 saturated carbocycles. The molecule has 4 atom stereocenters. The zero-order chi connectivity index (χ0) is 47.8. The molecule has 2 aliphatic carbocycles. The Bertz CT molecular complexity index is 2460. The zero-order valence-electron chi connectivity index (χ0n) is 38.6. The molecule has 10 rings (SSSR count). The van der Waals surface area contributed by atoms with Crippen LogP contribution in [-0.4, -0.2) is 100 Å². The summed E-state index contributed by atoms with van der Waals surface area (Å²) in [5.41, 5.74) is 3.01. The second kappa shape index (κ2) is 19.6. The van der Waals surface area contributed by atoms with Gasteiger partial charge < -0.3 is 27.8 Å². The Morgan fingerprint density at radius 1 is 0.603 bits per heavy atom. The van der Waals surface area contributed by atoms with Crippen LogP contribution in [0.1, 0.15) is 96.8 Å². The molecule has 20 heteroatoms. The van der Waals surface area contributed by atoms with E-state index in [1.165, 1.54) is 37.1 Å². The molecule has 0 bridgehead atoms. The van der Waals surface area contributed by atoms with Gasteiger partial charge >= 0.3 is 12.4 Å². The molecule has 68 heavy (non-hydrogen) atoms. The molecule has 12 nitrogen and oxygen atoms in total. The summed E-state index contributed by atoms with van der Waals surface area (Å²) < 4.78 is 92.0. The predicted octanol–water partition coefficient (Wildman–Crippen LogP) is 11.1. The Kier molecular flexibility index (Phi) is 14.0. The molecule has 2 saturated heterocycles. The first-order chi connectivity index (χ1) is 32.5. The van der Waals surface area contributed by atoms with E-state index in [2.05, 4.69) is 40.2 Å². The van der Waals surface area contributed by atoms with Crippen molar-refractivity contribution in [1.29, 1.82) is 0 Å². The molecule has 0 N–H and O–H groups in total. The molecule has 2 spiro atoms. The summed E-state index contributed by atoms with van der Waals surface area (Å²) in [6, 6.07) is 11.6. The van der Waals surface area contributed by atoms with E-state index in [1.807, 2.05) is 37.1 Å². The van der Waals surface area contributed by atoms with Crippen molar-refractivity contribution >= 4 is 23.5 Å². The van der Waals surface area contributed by atoms with Gasteiger partial charge in [-0.25, -0.2) is 9.97 Å². The highest BCUT2D eigenvalue weighted by Crippen LogP contribution is 2.64. The van der Waals surface area contributed by atoms with Gasteiger partial charge in [0.25, 0.3) is 0 Å². The van der Waals surface area contributed by atoms with Gasteiger partial charge in [-0.05, 0) is 149 Å². The maximum absolute atomic E-state index is 12.9. The van der Waals surface area contributed by atoms with Gasteiger partial charge in [-0.15, -0.1) is 20.4 Å². The fourth-order valence-corrected chi connectivity index (χ4v) is 12.1. The number of benzene rings is 2. The van der Waals surface area contributed by atoms with Crippen molar-refractivity contribution in [1.82, 2.24) is 49.3 Å². The Balaban J connectivity index is 0.000000170. The number of alkyl halides is 6. The molecular weight excluding hydrogens is 927 g/mol. The summed E-state index contributed by atoms with van der Waals surface area (Å²) >= 11 is 3.37. The van der Waals surface area contributed by atoms with Crippen LogP contribution in [0.5, 0.6) is 0 Å². The smallest absolute Gasteiger partial charge is 0.416 e. The van der Waals surface area contributed by atoms with Gasteiger partial charge in [-0.1, -0.05) is 47.8 Å². The summed E-state index contributed by atoms with van der Waals surface area (Å²) in [7, 11) is 3.87. The maximum Gasteiger partial charge on any atom is 0.416 e. The van der Waals surface area contributed by atoms with Crippen LogP contribution < -0.4 is 0 Å². The van der Waals surface area contributed by atoms with Gasteiger partial charge in [0.15, 0.2) is 34.6 Å². The number of aromatic nitrogens is 8. The average molecular weight is 983 g/mol. The molecule has 0 amide bonds. The van der Waals surface area contributed by atoms with Crippen molar-refractivity contribution < 1.29 is 35.2 Å². The molecule has 2 aliphatic heterocycles. The fourth-order valence-electron chi connectivity index (χ4n) is 10.5. The van der Waals surface area contributed by atoms with Gasteiger partial charge in [0.1, 0.15) is 0 Å². The highest BCUT2D eigenvalue weighted by molar-refractivity contribution is 7.99. The van der Waals surface area contributed by atoms with Crippen LogP contribution in [0.25, 0.3) is 23.2 Å². The van der Waals surface area contributed by atoms with E-state index < -0.39 is 23.5 Å². The summed E-state index contributed by atoms with van der Waals surface area (Å²) in [6.45, 7) is 10.0. The minimum atomic E-state index is -4.28. The number of hydrogen-bond acceptors (Lipinski definition) is 12. The molecule has 4 aliphatic rings. The quantitative estimate of drug-likeness (QED) is 0.0587. The van der Waals surface area contributed by atoms with E-state index in [4.69, 9.17) is 8.83 Å². The van der Waals surface area contributed by atoms with Crippen LogP contribution in [0.4, 0.5) is 26.3 Å². The lowest BCUT2D eigenvalue weighted by atomic mass is 9.89. The molecule has 6 heterocycles. The number of piperidine rings is 2. The minimum Gasteiger partial charge on any atom is -0.440 e. The Morgan fingerprint density at radius 2 is 1.00 bits per heavy atom. The van der Waals surface area contributed by atoms with Gasteiger partial charge in [0.2, 0.25) is 11.6 Å². The van der Waals surface area contributed by atoms with Crippen LogP contribution in [0.2, 0.25) is 0 Å². The van der Waals surface area contributed by atoms with E-state index in [1.54, 1.807) is 47.8 Å². The number of nitrogens with zero attached hydrogens (tertiary/aromatic N) is 10. The first kappa shape index (κ1) is 48.4. The van der Waals surface area contributed by atoms with Crippen molar-refractivity contribution in [2.24, 2.45) is 24.9 Å². The number of oxazole rings is 2. The van der Waals surface area contributed by atoms with E-state index >= 15 is 0 Å². The topological polar surface area (TPSA) is 120 Å². The maximum atomic E-state index is 12.9. The van der Waals surface area contributed by atoms with Gasteiger partial charge in [-0.3, -0.25) is 0 Å². The molecule has 364 valence electrons. The first-order valence-electron chi connectivity index (χ1n) is 23.2. The normalized spacial score (nSPS) is 23.0. The van der Waals surface area contributed by atoms with E-state index in [0.717, 1.165) is 135 Å². The Morgan fingerprint density at radius 3 is 1.35 bits per heavy atom. The highest BCUT2D eigenvalue weighted by Gasteiger charge is 2.57. The van der Waals surface area contributed by atoms with Crippen LogP contribution in [0.15, 0.2) is 80.5 Å². The molecular formula is C48H56F6N10O2S2. The second-order valence-corrected chi connectivity index (χ2v) is 21.0. The van der Waals surface area contributed by atoms with Gasteiger partial charge in [0.05, 0.1) is 22.5 Å². The average Bonchev–Trinajstić information content (AvgIpc) is 3.76. The van der Waals surface area contributed by atoms with Crippen molar-refractivity contribution in [2.75, 3.05) is 50.8 Å². The third-order valence-corrected chi connectivity index (χ3v) is 16.5. The number of rotatable bonds is 14. The Hall–Kier alpha value is -4.66. The fraction of sp³-hybridized carbons (Fsp3) is 0.542. The largest absolute Gasteiger partial charge is 0.440 e. The molecule has 6 aromatic rings. The number of thioether (sulfide) groups is 2.